The Bertz CT molecular complexity index is 525. The molecule has 18 heavy (non-hydrogen) atoms. The predicted octanol–water partition coefficient (Wildman–Crippen LogP) is 4.40. The van der Waals surface area contributed by atoms with E-state index in [1.165, 1.54) is 18.2 Å². The fraction of sp³-hybridized carbons (Fsp3) is 0.0769. The molecule has 0 saturated heterocycles. The third-order valence-electron chi connectivity index (χ3n) is 2.37. The summed E-state index contributed by atoms with van der Waals surface area (Å²) in [4.78, 5) is 0. The van der Waals surface area contributed by atoms with Crippen molar-refractivity contribution in [3.8, 4) is 5.75 Å². The van der Waals surface area contributed by atoms with Gasteiger partial charge in [0.15, 0.2) is 0 Å². The molecule has 0 amide bonds. The summed E-state index contributed by atoms with van der Waals surface area (Å²) >= 11 is 9.38. The molecule has 5 heteroatoms. The zero-order chi connectivity index (χ0) is 13.1. The summed E-state index contributed by atoms with van der Waals surface area (Å²) in [6, 6.07) is 9.53. The van der Waals surface area contributed by atoms with Crippen molar-refractivity contribution >= 4 is 33.2 Å². The van der Waals surface area contributed by atoms with E-state index in [4.69, 9.17) is 22.1 Å². The van der Waals surface area contributed by atoms with Gasteiger partial charge in [-0.05, 0) is 24.3 Å². The van der Waals surface area contributed by atoms with Crippen LogP contribution in [0.4, 0.5) is 10.1 Å². The SMILES string of the molecule is Nc1cc(F)ccc1OCc1ccc(Br)cc1Cl. The number of nitrogens with two attached hydrogens (primary N) is 1. The van der Waals surface area contributed by atoms with Gasteiger partial charge in [-0.2, -0.15) is 0 Å². The molecule has 2 N–H and O–H groups in total. The van der Waals surface area contributed by atoms with Crippen LogP contribution in [0.15, 0.2) is 40.9 Å². The zero-order valence-corrected chi connectivity index (χ0v) is 11.6. The lowest BCUT2D eigenvalue weighted by molar-refractivity contribution is 0.307. The number of halogens is 3. The highest BCUT2D eigenvalue weighted by molar-refractivity contribution is 9.10. The van der Waals surface area contributed by atoms with E-state index in [0.29, 0.717) is 10.8 Å². The molecule has 0 aliphatic heterocycles. The summed E-state index contributed by atoms with van der Waals surface area (Å²) in [5, 5.41) is 0.602. The highest BCUT2D eigenvalue weighted by atomic mass is 79.9. The first-order chi connectivity index (χ1) is 8.56. The Hall–Kier alpha value is -1.26. The van der Waals surface area contributed by atoms with E-state index in [1.54, 1.807) is 6.07 Å². The van der Waals surface area contributed by atoms with Crippen molar-refractivity contribution in [2.75, 3.05) is 5.73 Å². The molecule has 94 valence electrons. The Morgan fingerprint density at radius 1 is 1.22 bits per heavy atom. The van der Waals surface area contributed by atoms with Crippen molar-refractivity contribution in [2.45, 2.75) is 6.61 Å². The van der Waals surface area contributed by atoms with Crippen molar-refractivity contribution in [3.05, 3.63) is 57.3 Å². The quantitative estimate of drug-likeness (QED) is 0.846. The van der Waals surface area contributed by atoms with Gasteiger partial charge < -0.3 is 10.5 Å². The summed E-state index contributed by atoms with van der Waals surface area (Å²) < 4.78 is 19.3. The van der Waals surface area contributed by atoms with Crippen LogP contribution in [-0.2, 0) is 6.61 Å². The van der Waals surface area contributed by atoms with Crippen LogP contribution in [0.25, 0.3) is 0 Å². The van der Waals surface area contributed by atoms with Gasteiger partial charge in [-0.15, -0.1) is 0 Å². The number of rotatable bonds is 3. The average Bonchev–Trinajstić information content (AvgIpc) is 2.30. The summed E-state index contributed by atoms with van der Waals surface area (Å²) in [6.45, 7) is 0.280. The van der Waals surface area contributed by atoms with Gasteiger partial charge in [-0.25, -0.2) is 4.39 Å². The Morgan fingerprint density at radius 3 is 2.67 bits per heavy atom. The molecule has 0 atom stereocenters. The van der Waals surface area contributed by atoms with E-state index in [-0.39, 0.29) is 18.1 Å². The number of nitrogen functional groups attached to an aromatic ring is 1. The third kappa shape index (κ3) is 3.15. The Morgan fingerprint density at radius 2 is 2.00 bits per heavy atom. The number of benzene rings is 2. The standard InChI is InChI=1S/C13H10BrClFNO/c14-9-2-1-8(11(15)5-9)7-18-13-4-3-10(16)6-12(13)17/h1-6H,7,17H2. The van der Waals surface area contributed by atoms with E-state index >= 15 is 0 Å². The molecular formula is C13H10BrClFNO. The molecule has 2 aromatic carbocycles. The molecule has 2 aromatic rings. The maximum Gasteiger partial charge on any atom is 0.142 e. The van der Waals surface area contributed by atoms with Crippen molar-refractivity contribution in [1.82, 2.24) is 0 Å². The zero-order valence-electron chi connectivity index (χ0n) is 9.29. The van der Waals surface area contributed by atoms with Crippen molar-refractivity contribution in [1.29, 1.82) is 0 Å². The maximum atomic E-state index is 12.9. The Kier molecular flexibility index (Phi) is 4.09. The average molecular weight is 331 g/mol. The van der Waals surface area contributed by atoms with Crippen LogP contribution in [0.3, 0.4) is 0 Å². The fourth-order valence-corrected chi connectivity index (χ4v) is 2.17. The minimum absolute atomic E-state index is 0.267. The molecule has 0 spiro atoms. The lowest BCUT2D eigenvalue weighted by atomic mass is 10.2. The highest BCUT2D eigenvalue weighted by Gasteiger charge is 2.05. The number of ether oxygens (including phenoxy) is 1. The van der Waals surface area contributed by atoms with Crippen molar-refractivity contribution in [2.24, 2.45) is 0 Å². The van der Waals surface area contributed by atoms with Gasteiger partial charge in [0, 0.05) is 21.1 Å². The lowest BCUT2D eigenvalue weighted by Gasteiger charge is -2.10. The molecule has 0 aromatic heterocycles. The fourth-order valence-electron chi connectivity index (χ4n) is 1.45. The lowest BCUT2D eigenvalue weighted by Crippen LogP contribution is -1.99. The molecule has 2 rings (SSSR count). The van der Waals surface area contributed by atoms with Crippen LogP contribution < -0.4 is 10.5 Å². The van der Waals surface area contributed by atoms with Gasteiger partial charge in [0.1, 0.15) is 18.2 Å². The Labute approximate surface area is 118 Å². The number of anilines is 1. The summed E-state index contributed by atoms with van der Waals surface area (Å²) in [5.41, 5.74) is 6.75. The first-order valence-electron chi connectivity index (χ1n) is 5.18. The van der Waals surface area contributed by atoms with Crippen LogP contribution in [0.2, 0.25) is 5.02 Å². The summed E-state index contributed by atoms with van der Waals surface area (Å²) in [5.74, 6) is 0.0527. The second-order valence-corrected chi connectivity index (χ2v) is 5.03. The molecule has 2 nitrogen and oxygen atoms in total. The van der Waals surface area contributed by atoms with Gasteiger partial charge in [0.05, 0.1) is 5.69 Å². The van der Waals surface area contributed by atoms with E-state index < -0.39 is 0 Å². The van der Waals surface area contributed by atoms with E-state index in [2.05, 4.69) is 15.9 Å². The second-order valence-electron chi connectivity index (χ2n) is 3.71. The smallest absolute Gasteiger partial charge is 0.142 e. The predicted molar refractivity (Wildman–Crippen MR) is 74.3 cm³/mol. The minimum Gasteiger partial charge on any atom is -0.487 e. The highest BCUT2D eigenvalue weighted by Crippen LogP contribution is 2.26. The minimum atomic E-state index is -0.387. The maximum absolute atomic E-state index is 12.9. The van der Waals surface area contributed by atoms with Gasteiger partial charge in [-0.1, -0.05) is 33.6 Å². The first kappa shape index (κ1) is 13.2. The molecule has 0 unspecified atom stereocenters. The van der Waals surface area contributed by atoms with Crippen molar-refractivity contribution < 1.29 is 9.13 Å². The van der Waals surface area contributed by atoms with Crippen LogP contribution in [-0.4, -0.2) is 0 Å². The molecular weight excluding hydrogens is 321 g/mol. The van der Waals surface area contributed by atoms with E-state index in [9.17, 15) is 4.39 Å². The Balaban J connectivity index is 2.11. The van der Waals surface area contributed by atoms with Gasteiger partial charge in [0.25, 0.3) is 0 Å². The monoisotopic (exact) mass is 329 g/mol. The largest absolute Gasteiger partial charge is 0.487 e. The number of hydrogen-bond acceptors (Lipinski definition) is 2. The normalized spacial score (nSPS) is 10.4. The van der Waals surface area contributed by atoms with Crippen LogP contribution in [0.5, 0.6) is 5.75 Å². The van der Waals surface area contributed by atoms with E-state index in [0.717, 1.165) is 10.0 Å². The molecule has 0 aliphatic rings. The molecule has 0 aliphatic carbocycles. The molecule has 0 bridgehead atoms. The molecule has 0 heterocycles. The summed E-state index contributed by atoms with van der Waals surface area (Å²) in [6.07, 6.45) is 0. The number of hydrogen-bond donors (Lipinski definition) is 1. The van der Waals surface area contributed by atoms with E-state index in [1.807, 2.05) is 12.1 Å². The van der Waals surface area contributed by atoms with Crippen molar-refractivity contribution in [3.63, 3.8) is 0 Å². The first-order valence-corrected chi connectivity index (χ1v) is 6.35. The van der Waals surface area contributed by atoms with Gasteiger partial charge in [0.2, 0.25) is 0 Å². The third-order valence-corrected chi connectivity index (χ3v) is 3.22. The van der Waals surface area contributed by atoms with Crippen LogP contribution >= 0.6 is 27.5 Å². The van der Waals surface area contributed by atoms with Gasteiger partial charge >= 0.3 is 0 Å². The summed E-state index contributed by atoms with van der Waals surface area (Å²) in [7, 11) is 0. The molecule has 0 saturated carbocycles. The van der Waals surface area contributed by atoms with Crippen LogP contribution in [0.1, 0.15) is 5.56 Å². The molecule has 0 fully saturated rings. The van der Waals surface area contributed by atoms with Crippen LogP contribution in [0, 0.1) is 5.82 Å². The topological polar surface area (TPSA) is 35.2 Å². The second kappa shape index (κ2) is 5.59. The van der Waals surface area contributed by atoms with Gasteiger partial charge in [-0.3, -0.25) is 0 Å². The molecule has 0 radical (unpaired) electrons.